The molecule has 0 aliphatic carbocycles. The summed E-state index contributed by atoms with van der Waals surface area (Å²) in [6, 6.07) is 6.95. The standard InChI is InChI=1S/C14H16ClNO4/c15-11-3-1-2-10(8-11)9-12(17)16-14(13(18)19)4-6-20-7-5-14/h1-3,8H,4-7,9H2,(H,16,17)(H,18,19). The van der Waals surface area contributed by atoms with Crippen LogP contribution in [0.3, 0.4) is 0 Å². The third-order valence-electron chi connectivity index (χ3n) is 3.39. The van der Waals surface area contributed by atoms with E-state index in [1.807, 2.05) is 0 Å². The van der Waals surface area contributed by atoms with Crippen molar-refractivity contribution in [1.29, 1.82) is 0 Å². The fraction of sp³-hybridized carbons (Fsp3) is 0.429. The van der Waals surface area contributed by atoms with E-state index in [4.69, 9.17) is 16.3 Å². The molecule has 2 rings (SSSR count). The Balaban J connectivity index is 2.03. The zero-order valence-corrected chi connectivity index (χ0v) is 11.7. The highest BCUT2D eigenvalue weighted by atomic mass is 35.5. The van der Waals surface area contributed by atoms with E-state index in [0.717, 1.165) is 5.56 Å². The Kier molecular flexibility index (Phi) is 4.62. The Labute approximate surface area is 121 Å². The molecule has 0 atom stereocenters. The lowest BCUT2D eigenvalue weighted by Gasteiger charge is -2.33. The van der Waals surface area contributed by atoms with E-state index >= 15 is 0 Å². The molecule has 2 N–H and O–H groups in total. The highest BCUT2D eigenvalue weighted by Crippen LogP contribution is 2.21. The molecule has 0 radical (unpaired) electrons. The number of rotatable bonds is 4. The molecule has 20 heavy (non-hydrogen) atoms. The molecule has 0 unspecified atom stereocenters. The van der Waals surface area contributed by atoms with E-state index in [0.29, 0.717) is 18.2 Å². The van der Waals surface area contributed by atoms with E-state index in [1.165, 1.54) is 0 Å². The summed E-state index contributed by atoms with van der Waals surface area (Å²) in [5.74, 6) is -1.34. The Hall–Kier alpha value is -1.59. The van der Waals surface area contributed by atoms with Gasteiger partial charge in [0, 0.05) is 31.1 Å². The Bertz CT molecular complexity index is 512. The molecule has 0 saturated carbocycles. The van der Waals surface area contributed by atoms with Crippen molar-refractivity contribution in [2.24, 2.45) is 0 Å². The third-order valence-corrected chi connectivity index (χ3v) is 3.62. The maximum atomic E-state index is 12.0. The van der Waals surface area contributed by atoms with Gasteiger partial charge in [-0.25, -0.2) is 4.79 Å². The molecule has 6 heteroatoms. The van der Waals surface area contributed by atoms with Crippen LogP contribution in [0.1, 0.15) is 18.4 Å². The number of hydrogen-bond donors (Lipinski definition) is 2. The smallest absolute Gasteiger partial charge is 0.329 e. The third kappa shape index (κ3) is 3.49. The molecule has 1 aromatic carbocycles. The lowest BCUT2D eigenvalue weighted by atomic mass is 9.90. The van der Waals surface area contributed by atoms with Gasteiger partial charge in [-0.2, -0.15) is 0 Å². The summed E-state index contributed by atoms with van der Waals surface area (Å²) in [6.45, 7) is 0.674. The first-order chi connectivity index (χ1) is 9.52. The lowest BCUT2D eigenvalue weighted by Crippen LogP contribution is -2.57. The average Bonchev–Trinajstić information content (AvgIpc) is 2.39. The molecule has 5 nitrogen and oxygen atoms in total. The van der Waals surface area contributed by atoms with Gasteiger partial charge < -0.3 is 15.2 Å². The molecular weight excluding hydrogens is 282 g/mol. The van der Waals surface area contributed by atoms with Crippen LogP contribution in [0.2, 0.25) is 5.02 Å². The van der Waals surface area contributed by atoms with Crippen LogP contribution in [0.25, 0.3) is 0 Å². The highest BCUT2D eigenvalue weighted by molar-refractivity contribution is 6.30. The number of halogens is 1. The monoisotopic (exact) mass is 297 g/mol. The SMILES string of the molecule is O=C(Cc1cccc(Cl)c1)NC1(C(=O)O)CCOCC1. The van der Waals surface area contributed by atoms with Crippen LogP contribution < -0.4 is 5.32 Å². The second kappa shape index (κ2) is 6.24. The maximum absolute atomic E-state index is 12.0. The van der Waals surface area contributed by atoms with Crippen LogP contribution in [0, 0.1) is 0 Å². The number of carboxylic acids is 1. The van der Waals surface area contributed by atoms with Crippen molar-refractivity contribution in [2.75, 3.05) is 13.2 Å². The van der Waals surface area contributed by atoms with Gasteiger partial charge in [-0.15, -0.1) is 0 Å². The number of carbonyl (C=O) groups excluding carboxylic acids is 1. The zero-order valence-electron chi connectivity index (χ0n) is 10.9. The van der Waals surface area contributed by atoms with Crippen LogP contribution in [0.15, 0.2) is 24.3 Å². The number of amides is 1. The van der Waals surface area contributed by atoms with E-state index in [1.54, 1.807) is 24.3 Å². The van der Waals surface area contributed by atoms with Gasteiger partial charge in [-0.3, -0.25) is 4.79 Å². The normalized spacial score (nSPS) is 17.4. The van der Waals surface area contributed by atoms with E-state index in [-0.39, 0.29) is 25.2 Å². The average molecular weight is 298 g/mol. The van der Waals surface area contributed by atoms with Crippen LogP contribution in [0.5, 0.6) is 0 Å². The Morgan fingerprint density at radius 3 is 2.65 bits per heavy atom. The van der Waals surface area contributed by atoms with Gasteiger partial charge in [0.2, 0.25) is 5.91 Å². The molecule has 108 valence electrons. The maximum Gasteiger partial charge on any atom is 0.329 e. The number of benzene rings is 1. The van der Waals surface area contributed by atoms with Crippen molar-refractivity contribution in [3.05, 3.63) is 34.9 Å². The minimum absolute atomic E-state index is 0.108. The molecule has 0 aromatic heterocycles. The first-order valence-electron chi connectivity index (χ1n) is 6.38. The zero-order chi connectivity index (χ0) is 14.6. The molecule has 1 aliphatic rings. The van der Waals surface area contributed by atoms with E-state index < -0.39 is 11.5 Å². The van der Waals surface area contributed by atoms with E-state index in [2.05, 4.69) is 5.32 Å². The largest absolute Gasteiger partial charge is 0.480 e. The van der Waals surface area contributed by atoms with Gasteiger partial charge in [0.05, 0.1) is 6.42 Å². The minimum atomic E-state index is -1.21. The van der Waals surface area contributed by atoms with Gasteiger partial charge in [0.15, 0.2) is 0 Å². The molecule has 1 amide bonds. The van der Waals surface area contributed by atoms with Crippen molar-refractivity contribution >= 4 is 23.5 Å². The lowest BCUT2D eigenvalue weighted by molar-refractivity contribution is -0.152. The molecule has 1 heterocycles. The first kappa shape index (κ1) is 14.8. The number of nitrogens with one attached hydrogen (secondary N) is 1. The predicted molar refractivity (Wildman–Crippen MR) is 73.7 cm³/mol. The van der Waals surface area contributed by atoms with Crippen molar-refractivity contribution in [3.8, 4) is 0 Å². The summed E-state index contributed by atoms with van der Waals surface area (Å²) in [5, 5.41) is 12.5. The number of ether oxygens (including phenoxy) is 1. The minimum Gasteiger partial charge on any atom is -0.480 e. The van der Waals surface area contributed by atoms with Crippen molar-refractivity contribution < 1.29 is 19.4 Å². The predicted octanol–water partition coefficient (Wildman–Crippen LogP) is 1.63. The molecule has 0 spiro atoms. The summed E-state index contributed by atoms with van der Waals surface area (Å²) >= 11 is 5.86. The van der Waals surface area contributed by atoms with Gasteiger partial charge in [0.25, 0.3) is 0 Å². The molecule has 1 aromatic rings. The summed E-state index contributed by atoms with van der Waals surface area (Å²) in [4.78, 5) is 23.5. The second-order valence-corrected chi connectivity index (χ2v) is 5.29. The Morgan fingerprint density at radius 1 is 1.35 bits per heavy atom. The Morgan fingerprint density at radius 2 is 2.05 bits per heavy atom. The number of aliphatic carboxylic acids is 1. The van der Waals surface area contributed by atoms with Gasteiger partial charge in [-0.05, 0) is 17.7 Å². The molecule has 1 fully saturated rings. The topological polar surface area (TPSA) is 75.6 Å². The molecular formula is C14H16ClNO4. The van der Waals surface area contributed by atoms with Gasteiger partial charge in [0.1, 0.15) is 5.54 Å². The van der Waals surface area contributed by atoms with Crippen LogP contribution in [-0.4, -0.2) is 35.7 Å². The van der Waals surface area contributed by atoms with Crippen LogP contribution >= 0.6 is 11.6 Å². The number of carboxylic acid groups (broad SMARTS) is 1. The van der Waals surface area contributed by atoms with Crippen molar-refractivity contribution in [2.45, 2.75) is 24.8 Å². The number of hydrogen-bond acceptors (Lipinski definition) is 3. The summed E-state index contributed by atoms with van der Waals surface area (Å²) in [6.07, 6.45) is 0.670. The van der Waals surface area contributed by atoms with Gasteiger partial charge >= 0.3 is 5.97 Å². The highest BCUT2D eigenvalue weighted by Gasteiger charge is 2.41. The molecule has 1 saturated heterocycles. The quantitative estimate of drug-likeness (QED) is 0.886. The van der Waals surface area contributed by atoms with Crippen LogP contribution in [-0.2, 0) is 20.7 Å². The number of carbonyl (C=O) groups is 2. The molecule has 0 bridgehead atoms. The summed E-state index contributed by atoms with van der Waals surface area (Å²) in [7, 11) is 0. The van der Waals surface area contributed by atoms with Gasteiger partial charge in [-0.1, -0.05) is 23.7 Å². The second-order valence-electron chi connectivity index (χ2n) is 4.85. The molecule has 1 aliphatic heterocycles. The first-order valence-corrected chi connectivity index (χ1v) is 6.76. The fourth-order valence-corrected chi connectivity index (χ4v) is 2.47. The summed E-state index contributed by atoms with van der Waals surface area (Å²) in [5.41, 5.74) is -0.462. The van der Waals surface area contributed by atoms with Crippen molar-refractivity contribution in [1.82, 2.24) is 5.32 Å². The van der Waals surface area contributed by atoms with Crippen molar-refractivity contribution in [3.63, 3.8) is 0 Å². The van der Waals surface area contributed by atoms with Crippen LogP contribution in [0.4, 0.5) is 0 Å². The fourth-order valence-electron chi connectivity index (χ4n) is 2.26. The summed E-state index contributed by atoms with van der Waals surface area (Å²) < 4.78 is 5.16. The van der Waals surface area contributed by atoms with E-state index in [9.17, 15) is 14.7 Å².